The van der Waals surface area contributed by atoms with Gasteiger partial charge >= 0.3 is 6.18 Å². The SMILES string of the molecule is Cc1ccccc1C(=O)NCc1nn(CC(=O)Nc2cc(C(F)(F)F)ccc2Cl)c(=S)n1C. The predicted molar refractivity (Wildman–Crippen MR) is 119 cm³/mol. The summed E-state index contributed by atoms with van der Waals surface area (Å²) < 4.78 is 41.7. The number of hydrogen-bond donors (Lipinski definition) is 2. The number of carbonyl (C=O) groups excluding carboxylic acids is 2. The number of nitrogens with one attached hydrogen (secondary N) is 2. The summed E-state index contributed by atoms with van der Waals surface area (Å²) in [6.45, 7) is 1.52. The van der Waals surface area contributed by atoms with E-state index in [1.165, 1.54) is 9.25 Å². The standard InChI is InChI=1S/C21H19ClF3N5O2S/c1-12-5-3-4-6-14(12)19(32)26-10-17-28-30(20(33)29(17)2)11-18(31)27-16-9-13(21(23,24)25)7-8-15(16)22/h3-9H,10-11H2,1-2H3,(H,26,32)(H,27,31). The van der Waals surface area contributed by atoms with E-state index in [9.17, 15) is 22.8 Å². The maximum absolute atomic E-state index is 12.9. The van der Waals surface area contributed by atoms with Gasteiger partial charge in [-0.15, -0.1) is 0 Å². The van der Waals surface area contributed by atoms with Gasteiger partial charge in [-0.25, -0.2) is 4.68 Å². The smallest absolute Gasteiger partial charge is 0.345 e. The third kappa shape index (κ3) is 5.79. The first kappa shape index (κ1) is 24.5. The van der Waals surface area contributed by atoms with Gasteiger partial charge in [0.1, 0.15) is 6.54 Å². The van der Waals surface area contributed by atoms with Crippen molar-refractivity contribution in [1.29, 1.82) is 0 Å². The average molecular weight is 498 g/mol. The third-order valence-electron chi connectivity index (χ3n) is 4.79. The maximum Gasteiger partial charge on any atom is 0.416 e. The van der Waals surface area contributed by atoms with E-state index in [0.717, 1.165) is 23.8 Å². The largest absolute Gasteiger partial charge is 0.416 e. The Hall–Kier alpha value is -3.18. The highest BCUT2D eigenvalue weighted by Gasteiger charge is 2.31. The molecule has 0 bridgehead atoms. The molecule has 0 spiro atoms. The van der Waals surface area contributed by atoms with Gasteiger partial charge in [-0.3, -0.25) is 9.59 Å². The fourth-order valence-electron chi connectivity index (χ4n) is 3.00. The number of rotatable bonds is 6. The monoisotopic (exact) mass is 497 g/mol. The molecule has 2 N–H and O–H groups in total. The predicted octanol–water partition coefficient (Wildman–Crippen LogP) is 4.50. The van der Waals surface area contributed by atoms with Gasteiger partial charge in [-0.1, -0.05) is 29.8 Å². The van der Waals surface area contributed by atoms with E-state index < -0.39 is 17.6 Å². The lowest BCUT2D eigenvalue weighted by molar-refractivity contribution is -0.137. The van der Waals surface area contributed by atoms with Crippen molar-refractivity contribution in [3.63, 3.8) is 0 Å². The van der Waals surface area contributed by atoms with Crippen molar-refractivity contribution < 1.29 is 22.8 Å². The minimum Gasteiger partial charge on any atom is -0.345 e. The van der Waals surface area contributed by atoms with Crippen LogP contribution in [-0.4, -0.2) is 26.2 Å². The average Bonchev–Trinajstić information content (AvgIpc) is 3.01. The zero-order valence-corrected chi connectivity index (χ0v) is 19.1. The molecule has 0 aliphatic rings. The molecule has 0 saturated heterocycles. The van der Waals surface area contributed by atoms with Crippen molar-refractivity contribution in [2.24, 2.45) is 7.05 Å². The topological polar surface area (TPSA) is 80.9 Å². The van der Waals surface area contributed by atoms with E-state index in [1.54, 1.807) is 19.2 Å². The lowest BCUT2D eigenvalue weighted by Gasteiger charge is -2.11. The van der Waals surface area contributed by atoms with E-state index in [4.69, 9.17) is 23.8 Å². The molecular weight excluding hydrogens is 479 g/mol. The molecule has 7 nitrogen and oxygen atoms in total. The molecule has 1 heterocycles. The van der Waals surface area contributed by atoms with Gasteiger partial charge in [0.15, 0.2) is 10.6 Å². The summed E-state index contributed by atoms with van der Waals surface area (Å²) in [6, 6.07) is 9.74. The van der Waals surface area contributed by atoms with Crippen LogP contribution in [0.15, 0.2) is 42.5 Å². The van der Waals surface area contributed by atoms with Crippen molar-refractivity contribution in [3.05, 3.63) is 74.8 Å². The highest BCUT2D eigenvalue weighted by atomic mass is 35.5. The number of hydrogen-bond acceptors (Lipinski definition) is 4. The van der Waals surface area contributed by atoms with E-state index in [0.29, 0.717) is 11.4 Å². The van der Waals surface area contributed by atoms with Crippen molar-refractivity contribution in [2.75, 3.05) is 5.32 Å². The summed E-state index contributed by atoms with van der Waals surface area (Å²) >= 11 is 11.2. The molecule has 1 aromatic heterocycles. The van der Waals surface area contributed by atoms with E-state index in [2.05, 4.69) is 15.7 Å². The van der Waals surface area contributed by atoms with Crippen LogP contribution in [0.3, 0.4) is 0 Å². The first-order chi connectivity index (χ1) is 15.5. The fraction of sp³-hybridized carbons (Fsp3) is 0.238. The third-order valence-corrected chi connectivity index (χ3v) is 5.60. The summed E-state index contributed by atoms with van der Waals surface area (Å²) in [4.78, 5) is 24.8. The Morgan fingerprint density at radius 1 is 1.18 bits per heavy atom. The molecule has 0 saturated carbocycles. The van der Waals surface area contributed by atoms with Crippen molar-refractivity contribution >= 4 is 41.3 Å². The number of halogens is 4. The van der Waals surface area contributed by atoms with Crippen LogP contribution >= 0.6 is 23.8 Å². The zero-order chi connectivity index (χ0) is 24.3. The second-order valence-corrected chi connectivity index (χ2v) is 7.93. The summed E-state index contributed by atoms with van der Waals surface area (Å²) in [5.74, 6) is -0.557. The first-order valence-electron chi connectivity index (χ1n) is 9.60. The molecule has 0 radical (unpaired) electrons. The number of aromatic nitrogens is 3. The van der Waals surface area contributed by atoms with Gasteiger partial charge in [0, 0.05) is 12.6 Å². The molecule has 0 unspecified atom stereocenters. The van der Waals surface area contributed by atoms with Gasteiger partial charge in [-0.05, 0) is 49.0 Å². The van der Waals surface area contributed by atoms with Gasteiger partial charge < -0.3 is 15.2 Å². The van der Waals surface area contributed by atoms with Gasteiger partial charge in [0.25, 0.3) is 5.91 Å². The second kappa shape index (κ2) is 9.75. The van der Waals surface area contributed by atoms with Crippen LogP contribution in [0.5, 0.6) is 0 Å². The molecule has 3 rings (SSSR count). The molecular formula is C21H19ClF3N5O2S. The Labute approximate surface area is 197 Å². The van der Waals surface area contributed by atoms with E-state index in [1.807, 2.05) is 19.1 Å². The van der Waals surface area contributed by atoms with Crippen LogP contribution in [0.2, 0.25) is 5.02 Å². The molecule has 33 heavy (non-hydrogen) atoms. The number of nitrogens with zero attached hydrogens (tertiary/aromatic N) is 3. The second-order valence-electron chi connectivity index (χ2n) is 7.15. The van der Waals surface area contributed by atoms with Crippen molar-refractivity contribution in [3.8, 4) is 0 Å². The first-order valence-corrected chi connectivity index (χ1v) is 10.4. The molecule has 12 heteroatoms. The van der Waals surface area contributed by atoms with Crippen LogP contribution in [0.25, 0.3) is 0 Å². The number of carbonyl (C=O) groups is 2. The summed E-state index contributed by atoms with van der Waals surface area (Å²) in [7, 11) is 1.63. The van der Waals surface area contributed by atoms with E-state index in [-0.39, 0.29) is 34.5 Å². The lowest BCUT2D eigenvalue weighted by atomic mass is 10.1. The summed E-state index contributed by atoms with van der Waals surface area (Å²) in [5.41, 5.74) is 0.224. The minimum absolute atomic E-state index is 0.0411. The minimum atomic E-state index is -4.58. The Morgan fingerprint density at radius 3 is 2.55 bits per heavy atom. The molecule has 2 amide bonds. The van der Waals surface area contributed by atoms with Crippen LogP contribution in [0.4, 0.5) is 18.9 Å². The molecule has 3 aromatic rings. The van der Waals surface area contributed by atoms with Gasteiger partial charge in [-0.2, -0.15) is 18.3 Å². The molecule has 0 aliphatic carbocycles. The maximum atomic E-state index is 12.9. The van der Waals surface area contributed by atoms with Crippen LogP contribution in [-0.2, 0) is 31.1 Å². The molecule has 174 valence electrons. The fourth-order valence-corrected chi connectivity index (χ4v) is 3.37. The Morgan fingerprint density at radius 2 is 1.88 bits per heavy atom. The highest BCUT2D eigenvalue weighted by Crippen LogP contribution is 2.33. The van der Waals surface area contributed by atoms with Gasteiger partial charge in [0.2, 0.25) is 5.91 Å². The van der Waals surface area contributed by atoms with Crippen LogP contribution < -0.4 is 10.6 Å². The van der Waals surface area contributed by atoms with Crippen LogP contribution in [0.1, 0.15) is 27.3 Å². The number of amides is 2. The zero-order valence-electron chi connectivity index (χ0n) is 17.5. The van der Waals surface area contributed by atoms with Crippen molar-refractivity contribution in [1.82, 2.24) is 19.7 Å². The number of aryl methyl sites for hydroxylation is 1. The van der Waals surface area contributed by atoms with Crippen LogP contribution in [0, 0.1) is 11.7 Å². The quantitative estimate of drug-likeness (QED) is 0.491. The summed E-state index contributed by atoms with van der Waals surface area (Å²) in [5, 5.41) is 9.30. The number of benzene rings is 2. The van der Waals surface area contributed by atoms with Crippen molar-refractivity contribution in [2.45, 2.75) is 26.2 Å². The summed E-state index contributed by atoms with van der Waals surface area (Å²) in [6.07, 6.45) is -4.58. The normalized spacial score (nSPS) is 11.3. The number of alkyl halides is 3. The lowest BCUT2D eigenvalue weighted by Crippen LogP contribution is -2.25. The molecule has 0 aliphatic heterocycles. The Kier molecular flexibility index (Phi) is 7.23. The number of anilines is 1. The van der Waals surface area contributed by atoms with E-state index >= 15 is 0 Å². The Bertz CT molecular complexity index is 1270. The Balaban J connectivity index is 1.70. The molecule has 2 aromatic carbocycles. The highest BCUT2D eigenvalue weighted by molar-refractivity contribution is 7.71. The van der Waals surface area contributed by atoms with Gasteiger partial charge in [0.05, 0.1) is 22.8 Å². The molecule has 0 atom stereocenters. The molecule has 0 fully saturated rings.